The molecule has 0 amide bonds. The number of pyridine rings is 1. The normalized spacial score (nSPS) is 10.9. The first-order chi connectivity index (χ1) is 8.25. The SMILES string of the molecule is Cc1cc(F)ccc1-c1ccnc2[nH]ccc12. The average molecular weight is 226 g/mol. The Balaban J connectivity index is 2.30. The lowest BCUT2D eigenvalue weighted by Gasteiger charge is -2.07. The summed E-state index contributed by atoms with van der Waals surface area (Å²) in [7, 11) is 0. The number of H-pyrrole nitrogens is 1. The third-order valence-electron chi connectivity index (χ3n) is 2.94. The summed E-state index contributed by atoms with van der Waals surface area (Å²) in [6.45, 7) is 1.91. The van der Waals surface area contributed by atoms with Crippen LogP contribution in [-0.4, -0.2) is 9.97 Å². The highest BCUT2D eigenvalue weighted by atomic mass is 19.1. The number of aromatic amines is 1. The summed E-state index contributed by atoms with van der Waals surface area (Å²) in [4.78, 5) is 7.32. The largest absolute Gasteiger partial charge is 0.346 e. The second-order valence-corrected chi connectivity index (χ2v) is 4.06. The minimum Gasteiger partial charge on any atom is -0.346 e. The summed E-state index contributed by atoms with van der Waals surface area (Å²) in [5, 5.41) is 1.06. The lowest BCUT2D eigenvalue weighted by Crippen LogP contribution is -1.87. The topological polar surface area (TPSA) is 28.7 Å². The second-order valence-electron chi connectivity index (χ2n) is 4.06. The molecule has 0 saturated heterocycles. The van der Waals surface area contributed by atoms with Gasteiger partial charge in [0.25, 0.3) is 0 Å². The lowest BCUT2D eigenvalue weighted by molar-refractivity contribution is 0.627. The fourth-order valence-electron chi connectivity index (χ4n) is 2.13. The highest BCUT2D eigenvalue weighted by Gasteiger charge is 2.08. The Bertz CT molecular complexity index is 686. The van der Waals surface area contributed by atoms with Gasteiger partial charge >= 0.3 is 0 Å². The predicted molar refractivity (Wildman–Crippen MR) is 66.2 cm³/mol. The Hall–Kier alpha value is -2.16. The van der Waals surface area contributed by atoms with Crippen LogP contribution < -0.4 is 0 Å². The Morgan fingerprint density at radius 2 is 2.00 bits per heavy atom. The first-order valence-electron chi connectivity index (χ1n) is 5.44. The zero-order valence-corrected chi connectivity index (χ0v) is 9.37. The molecule has 3 rings (SSSR count). The van der Waals surface area contributed by atoms with E-state index >= 15 is 0 Å². The van der Waals surface area contributed by atoms with Crippen molar-refractivity contribution in [1.29, 1.82) is 0 Å². The van der Waals surface area contributed by atoms with Gasteiger partial charge in [-0.3, -0.25) is 0 Å². The molecule has 0 saturated carbocycles. The number of fused-ring (bicyclic) bond motifs is 1. The van der Waals surface area contributed by atoms with Gasteiger partial charge in [-0.05, 0) is 47.9 Å². The van der Waals surface area contributed by atoms with Crippen LogP contribution >= 0.6 is 0 Å². The summed E-state index contributed by atoms with van der Waals surface area (Å²) < 4.78 is 13.1. The van der Waals surface area contributed by atoms with Gasteiger partial charge in [0, 0.05) is 17.8 Å². The Morgan fingerprint density at radius 3 is 2.82 bits per heavy atom. The highest BCUT2D eigenvalue weighted by Crippen LogP contribution is 2.29. The summed E-state index contributed by atoms with van der Waals surface area (Å²) in [6.07, 6.45) is 3.62. The minimum atomic E-state index is -0.203. The van der Waals surface area contributed by atoms with Gasteiger partial charge in [0.2, 0.25) is 0 Å². The number of aryl methyl sites for hydroxylation is 1. The van der Waals surface area contributed by atoms with Crippen molar-refractivity contribution in [1.82, 2.24) is 9.97 Å². The maximum Gasteiger partial charge on any atom is 0.137 e. The van der Waals surface area contributed by atoms with Crippen LogP contribution in [0.25, 0.3) is 22.2 Å². The molecule has 0 unspecified atom stereocenters. The molecule has 2 nitrogen and oxygen atoms in total. The van der Waals surface area contributed by atoms with E-state index in [4.69, 9.17) is 0 Å². The molecule has 2 aromatic heterocycles. The van der Waals surface area contributed by atoms with Crippen LogP contribution in [0, 0.1) is 12.7 Å². The van der Waals surface area contributed by atoms with E-state index in [2.05, 4.69) is 9.97 Å². The molecule has 0 aliphatic heterocycles. The summed E-state index contributed by atoms with van der Waals surface area (Å²) >= 11 is 0. The molecule has 17 heavy (non-hydrogen) atoms. The van der Waals surface area contributed by atoms with Crippen LogP contribution in [0.5, 0.6) is 0 Å². The van der Waals surface area contributed by atoms with Gasteiger partial charge in [-0.15, -0.1) is 0 Å². The minimum absolute atomic E-state index is 0.203. The number of nitrogens with one attached hydrogen (secondary N) is 1. The summed E-state index contributed by atoms with van der Waals surface area (Å²) in [6, 6.07) is 8.79. The van der Waals surface area contributed by atoms with E-state index in [1.165, 1.54) is 6.07 Å². The molecule has 0 bridgehead atoms. The zero-order chi connectivity index (χ0) is 11.8. The molecule has 0 fully saturated rings. The van der Waals surface area contributed by atoms with Gasteiger partial charge in [0.15, 0.2) is 0 Å². The molecule has 0 radical (unpaired) electrons. The van der Waals surface area contributed by atoms with Crippen LogP contribution in [0.4, 0.5) is 4.39 Å². The van der Waals surface area contributed by atoms with Gasteiger partial charge in [0.05, 0.1) is 0 Å². The number of hydrogen-bond acceptors (Lipinski definition) is 1. The maximum absolute atomic E-state index is 13.1. The fraction of sp³-hybridized carbons (Fsp3) is 0.0714. The van der Waals surface area contributed by atoms with Gasteiger partial charge in [0.1, 0.15) is 11.5 Å². The summed E-state index contributed by atoms with van der Waals surface area (Å²) in [5.74, 6) is -0.203. The molecule has 1 N–H and O–H groups in total. The number of halogens is 1. The Kier molecular flexibility index (Phi) is 2.18. The van der Waals surface area contributed by atoms with Crippen LogP contribution in [0.2, 0.25) is 0 Å². The molecule has 0 atom stereocenters. The van der Waals surface area contributed by atoms with E-state index in [0.29, 0.717) is 0 Å². The summed E-state index contributed by atoms with van der Waals surface area (Å²) in [5.41, 5.74) is 3.90. The highest BCUT2D eigenvalue weighted by molar-refractivity contribution is 5.93. The van der Waals surface area contributed by atoms with E-state index in [1.807, 2.05) is 31.3 Å². The smallest absolute Gasteiger partial charge is 0.137 e. The molecule has 0 spiro atoms. The number of benzene rings is 1. The van der Waals surface area contributed by atoms with Gasteiger partial charge in [-0.25, -0.2) is 9.37 Å². The van der Waals surface area contributed by atoms with Crippen LogP contribution in [0.1, 0.15) is 5.56 Å². The predicted octanol–water partition coefficient (Wildman–Crippen LogP) is 3.68. The monoisotopic (exact) mass is 226 g/mol. The molecule has 2 heterocycles. The van der Waals surface area contributed by atoms with Crippen molar-refractivity contribution in [2.75, 3.05) is 0 Å². The average Bonchev–Trinajstić information content (AvgIpc) is 2.77. The molecule has 3 aromatic rings. The molecule has 0 aliphatic rings. The van der Waals surface area contributed by atoms with E-state index in [1.54, 1.807) is 12.3 Å². The fourth-order valence-corrected chi connectivity index (χ4v) is 2.13. The van der Waals surface area contributed by atoms with Crippen LogP contribution in [0.3, 0.4) is 0 Å². The van der Waals surface area contributed by atoms with Crippen molar-refractivity contribution < 1.29 is 4.39 Å². The number of aromatic nitrogens is 2. The zero-order valence-electron chi connectivity index (χ0n) is 9.37. The third-order valence-corrected chi connectivity index (χ3v) is 2.94. The molecular formula is C14H11FN2. The van der Waals surface area contributed by atoms with Gasteiger partial charge in [-0.1, -0.05) is 6.07 Å². The third kappa shape index (κ3) is 1.60. The van der Waals surface area contributed by atoms with Crippen molar-refractivity contribution in [3.05, 3.63) is 54.1 Å². The molecular weight excluding hydrogens is 215 g/mol. The van der Waals surface area contributed by atoms with Gasteiger partial charge < -0.3 is 4.98 Å². The van der Waals surface area contributed by atoms with E-state index in [9.17, 15) is 4.39 Å². The quantitative estimate of drug-likeness (QED) is 0.673. The number of nitrogens with zero attached hydrogens (tertiary/aromatic N) is 1. The standard InChI is InChI=1S/C14H11FN2/c1-9-8-10(15)2-3-11(9)12-4-6-16-14-13(12)5-7-17-14/h2-8H,1H3,(H,16,17). The van der Waals surface area contributed by atoms with Crippen molar-refractivity contribution in [3.8, 4) is 11.1 Å². The Labute approximate surface area is 98.1 Å². The molecule has 84 valence electrons. The number of rotatable bonds is 1. The second kappa shape index (κ2) is 3.70. The molecule has 1 aromatic carbocycles. The molecule has 0 aliphatic carbocycles. The number of hydrogen-bond donors (Lipinski definition) is 1. The van der Waals surface area contributed by atoms with E-state index in [-0.39, 0.29) is 5.82 Å². The van der Waals surface area contributed by atoms with E-state index in [0.717, 1.165) is 27.7 Å². The van der Waals surface area contributed by atoms with Crippen LogP contribution in [-0.2, 0) is 0 Å². The van der Waals surface area contributed by atoms with Crippen LogP contribution in [0.15, 0.2) is 42.7 Å². The first kappa shape index (κ1) is 10.0. The van der Waals surface area contributed by atoms with Gasteiger partial charge in [-0.2, -0.15) is 0 Å². The van der Waals surface area contributed by atoms with Crippen molar-refractivity contribution in [2.45, 2.75) is 6.92 Å². The molecule has 3 heteroatoms. The van der Waals surface area contributed by atoms with Crippen molar-refractivity contribution in [3.63, 3.8) is 0 Å². The lowest BCUT2D eigenvalue weighted by atomic mass is 9.99. The van der Waals surface area contributed by atoms with E-state index < -0.39 is 0 Å². The Morgan fingerprint density at radius 1 is 1.12 bits per heavy atom. The first-order valence-corrected chi connectivity index (χ1v) is 5.44. The van der Waals surface area contributed by atoms with Crippen molar-refractivity contribution >= 4 is 11.0 Å². The van der Waals surface area contributed by atoms with Crippen molar-refractivity contribution in [2.24, 2.45) is 0 Å². The maximum atomic E-state index is 13.1.